The van der Waals surface area contributed by atoms with Crippen molar-refractivity contribution in [2.75, 3.05) is 19.0 Å². The average Bonchev–Trinajstić information content (AvgIpc) is 3.09. The van der Waals surface area contributed by atoms with Crippen molar-refractivity contribution in [3.8, 4) is 5.75 Å². The van der Waals surface area contributed by atoms with Crippen LogP contribution in [0.2, 0.25) is 5.02 Å². The number of amides is 4. The van der Waals surface area contributed by atoms with E-state index in [1.54, 1.807) is 42.5 Å². The van der Waals surface area contributed by atoms with Gasteiger partial charge >= 0.3 is 6.03 Å². The lowest BCUT2D eigenvalue weighted by atomic mass is 10.2. The number of hydrogen-bond acceptors (Lipinski definition) is 5. The molecule has 34 heavy (non-hydrogen) atoms. The van der Waals surface area contributed by atoms with E-state index in [1.165, 1.54) is 18.9 Å². The second kappa shape index (κ2) is 10.5. The molecule has 1 aliphatic heterocycles. The first-order valence-corrected chi connectivity index (χ1v) is 11.4. The Hall–Kier alpha value is -3.75. The summed E-state index contributed by atoms with van der Waals surface area (Å²) in [6.07, 6.45) is 1.61. The fourth-order valence-electron chi connectivity index (χ4n) is 3.27. The van der Waals surface area contributed by atoms with E-state index in [0.717, 1.165) is 20.3 Å². The first kappa shape index (κ1) is 23.4. The van der Waals surface area contributed by atoms with Crippen LogP contribution in [0.15, 0.2) is 88.3 Å². The van der Waals surface area contributed by atoms with Crippen LogP contribution in [0.25, 0.3) is 6.08 Å². The fraction of sp³-hybridized carbons (Fsp3) is 0.0800. The van der Waals surface area contributed by atoms with Gasteiger partial charge in [0.1, 0.15) is 18.0 Å². The average molecular weight is 494 g/mol. The summed E-state index contributed by atoms with van der Waals surface area (Å²) in [7, 11) is 1.49. The van der Waals surface area contributed by atoms with Gasteiger partial charge in [-0.1, -0.05) is 53.7 Å². The zero-order valence-corrected chi connectivity index (χ0v) is 19.7. The highest BCUT2D eigenvalue weighted by Gasteiger charge is 2.35. The van der Waals surface area contributed by atoms with Crippen LogP contribution in [0.3, 0.4) is 0 Å². The largest absolute Gasteiger partial charge is 0.495 e. The van der Waals surface area contributed by atoms with Crippen LogP contribution in [0.1, 0.15) is 5.56 Å². The van der Waals surface area contributed by atoms with Crippen molar-refractivity contribution in [3.63, 3.8) is 0 Å². The number of carbonyl (C=O) groups is 3. The molecule has 0 unspecified atom stereocenters. The molecular weight excluding hydrogens is 474 g/mol. The third-order valence-electron chi connectivity index (χ3n) is 4.91. The number of urea groups is 1. The molecule has 2 N–H and O–H groups in total. The molecule has 0 bridgehead atoms. The van der Waals surface area contributed by atoms with Crippen molar-refractivity contribution < 1.29 is 19.1 Å². The minimum absolute atomic E-state index is 0.0965. The van der Waals surface area contributed by atoms with E-state index >= 15 is 0 Å². The lowest BCUT2D eigenvalue weighted by Crippen LogP contribution is -2.38. The fourth-order valence-corrected chi connectivity index (χ4v) is 4.32. The van der Waals surface area contributed by atoms with Crippen molar-refractivity contribution in [1.82, 2.24) is 10.2 Å². The molecule has 7 nitrogen and oxygen atoms in total. The Morgan fingerprint density at radius 1 is 1.06 bits per heavy atom. The maximum Gasteiger partial charge on any atom is 0.329 e. The minimum atomic E-state index is -0.658. The van der Waals surface area contributed by atoms with Gasteiger partial charge in [0.2, 0.25) is 5.91 Å². The number of rotatable bonds is 7. The van der Waals surface area contributed by atoms with Crippen molar-refractivity contribution >= 4 is 53.0 Å². The second-order valence-electron chi connectivity index (χ2n) is 7.22. The number of nitrogens with zero attached hydrogens (tertiary/aromatic N) is 1. The predicted molar refractivity (Wildman–Crippen MR) is 132 cm³/mol. The molecule has 3 aromatic carbocycles. The van der Waals surface area contributed by atoms with Gasteiger partial charge in [-0.3, -0.25) is 9.59 Å². The van der Waals surface area contributed by atoms with E-state index in [2.05, 4.69) is 10.6 Å². The summed E-state index contributed by atoms with van der Waals surface area (Å²) in [5.41, 5.74) is 1.30. The number of benzene rings is 3. The zero-order chi connectivity index (χ0) is 24.1. The second-order valence-corrected chi connectivity index (χ2v) is 8.77. The standard InChI is InChI=1S/C25H20ClN3O4S/c1-33-21-8-4-3-7-19(21)27-23(30)15-29-24(31)20(28-25(29)32)14-16-6-2-5-9-22(16)34-18-12-10-17(26)11-13-18/h2-14H,15H2,1H3,(H,27,30)(H,28,32)/b20-14-. The Morgan fingerprint density at radius 2 is 1.76 bits per heavy atom. The predicted octanol–water partition coefficient (Wildman–Crippen LogP) is 5.03. The SMILES string of the molecule is COc1ccccc1NC(=O)CN1C(=O)N/C(=C\c2ccccc2Sc2ccc(Cl)cc2)C1=O. The van der Waals surface area contributed by atoms with Crippen molar-refractivity contribution in [2.45, 2.75) is 9.79 Å². The normalized spacial score (nSPS) is 14.3. The van der Waals surface area contributed by atoms with Gasteiger partial charge < -0.3 is 15.4 Å². The Labute approximate surface area is 205 Å². The molecule has 0 spiro atoms. The molecule has 0 saturated carbocycles. The van der Waals surface area contributed by atoms with Gasteiger partial charge in [-0.05, 0) is 54.1 Å². The van der Waals surface area contributed by atoms with Gasteiger partial charge in [0.25, 0.3) is 5.91 Å². The lowest BCUT2D eigenvalue weighted by Gasteiger charge is -2.13. The summed E-state index contributed by atoms with van der Waals surface area (Å²) >= 11 is 7.47. The Balaban J connectivity index is 1.49. The first-order chi connectivity index (χ1) is 16.4. The summed E-state index contributed by atoms with van der Waals surface area (Å²) < 4.78 is 5.21. The molecule has 172 valence electrons. The summed E-state index contributed by atoms with van der Waals surface area (Å²) in [6, 6.07) is 21.1. The Bertz CT molecular complexity index is 1280. The molecule has 1 aliphatic rings. The van der Waals surface area contributed by atoms with Gasteiger partial charge in [0.15, 0.2) is 0 Å². The first-order valence-electron chi connectivity index (χ1n) is 10.2. The van der Waals surface area contributed by atoms with E-state index in [1.807, 2.05) is 36.4 Å². The monoisotopic (exact) mass is 493 g/mol. The molecule has 1 saturated heterocycles. The molecule has 1 fully saturated rings. The molecule has 4 amide bonds. The van der Waals surface area contributed by atoms with E-state index in [4.69, 9.17) is 16.3 Å². The number of anilines is 1. The zero-order valence-electron chi connectivity index (χ0n) is 18.1. The van der Waals surface area contributed by atoms with Crippen molar-refractivity contribution in [3.05, 3.63) is 89.1 Å². The molecule has 0 aliphatic carbocycles. The Kier molecular flexibility index (Phi) is 7.20. The molecule has 9 heteroatoms. The summed E-state index contributed by atoms with van der Waals surface area (Å²) in [5, 5.41) is 5.87. The van der Waals surface area contributed by atoms with Crippen molar-refractivity contribution in [1.29, 1.82) is 0 Å². The smallest absolute Gasteiger partial charge is 0.329 e. The number of halogens is 1. The maximum atomic E-state index is 12.9. The van der Waals surface area contributed by atoms with Crippen molar-refractivity contribution in [2.24, 2.45) is 0 Å². The third kappa shape index (κ3) is 5.41. The molecule has 3 aromatic rings. The molecule has 0 radical (unpaired) electrons. The van der Waals surface area contributed by atoms with Gasteiger partial charge in [0, 0.05) is 14.8 Å². The number of para-hydroxylation sites is 2. The van der Waals surface area contributed by atoms with Crippen LogP contribution in [0.5, 0.6) is 5.75 Å². The number of ether oxygens (including phenoxy) is 1. The van der Waals surface area contributed by atoms with Crippen LogP contribution in [-0.4, -0.2) is 36.4 Å². The number of carbonyl (C=O) groups excluding carboxylic acids is 3. The van der Waals surface area contributed by atoms with Crippen LogP contribution in [-0.2, 0) is 9.59 Å². The third-order valence-corrected chi connectivity index (χ3v) is 6.26. The molecular formula is C25H20ClN3O4S. The molecule has 0 atom stereocenters. The number of hydrogen-bond donors (Lipinski definition) is 2. The van der Waals surface area contributed by atoms with Gasteiger partial charge in [-0.25, -0.2) is 9.69 Å². The summed E-state index contributed by atoms with van der Waals surface area (Å²) in [6.45, 7) is -0.429. The quantitative estimate of drug-likeness (QED) is 0.356. The van der Waals surface area contributed by atoms with E-state index < -0.39 is 24.4 Å². The van der Waals surface area contributed by atoms with Gasteiger partial charge in [-0.15, -0.1) is 0 Å². The van der Waals surface area contributed by atoms with Crippen LogP contribution >= 0.6 is 23.4 Å². The van der Waals surface area contributed by atoms with Crippen LogP contribution < -0.4 is 15.4 Å². The number of imide groups is 1. The van der Waals surface area contributed by atoms with Gasteiger partial charge in [-0.2, -0.15) is 0 Å². The molecule has 0 aromatic heterocycles. The molecule has 1 heterocycles. The highest BCUT2D eigenvalue weighted by molar-refractivity contribution is 7.99. The van der Waals surface area contributed by atoms with E-state index in [-0.39, 0.29) is 5.70 Å². The van der Waals surface area contributed by atoms with Crippen LogP contribution in [0.4, 0.5) is 10.5 Å². The highest BCUT2D eigenvalue weighted by atomic mass is 35.5. The molecule has 4 rings (SSSR count). The topological polar surface area (TPSA) is 87.7 Å². The Morgan fingerprint density at radius 3 is 2.53 bits per heavy atom. The maximum absolute atomic E-state index is 12.9. The summed E-state index contributed by atoms with van der Waals surface area (Å²) in [5.74, 6) is -0.622. The number of methoxy groups -OCH3 is 1. The van der Waals surface area contributed by atoms with Crippen LogP contribution in [0, 0.1) is 0 Å². The summed E-state index contributed by atoms with van der Waals surface area (Å²) in [4.78, 5) is 40.6. The van der Waals surface area contributed by atoms with E-state index in [0.29, 0.717) is 16.5 Å². The number of nitrogens with one attached hydrogen (secondary N) is 2. The van der Waals surface area contributed by atoms with Gasteiger partial charge in [0.05, 0.1) is 12.8 Å². The lowest BCUT2D eigenvalue weighted by molar-refractivity contribution is -0.127. The van der Waals surface area contributed by atoms with E-state index in [9.17, 15) is 14.4 Å². The minimum Gasteiger partial charge on any atom is -0.495 e. The highest BCUT2D eigenvalue weighted by Crippen LogP contribution is 2.32.